The van der Waals surface area contributed by atoms with Crippen molar-refractivity contribution in [3.63, 3.8) is 0 Å². The Balaban J connectivity index is 2.37. The summed E-state index contributed by atoms with van der Waals surface area (Å²) in [6, 6.07) is 10.3. The Morgan fingerprint density at radius 2 is 1.86 bits per heavy atom. The van der Waals surface area contributed by atoms with Crippen LogP contribution < -0.4 is 10.9 Å². The lowest BCUT2D eigenvalue weighted by Crippen LogP contribution is -2.29. The maximum absolute atomic E-state index is 12.3. The van der Waals surface area contributed by atoms with Gasteiger partial charge in [-0.1, -0.05) is 38.1 Å². The molecule has 0 unspecified atom stereocenters. The molecule has 0 fully saturated rings. The van der Waals surface area contributed by atoms with E-state index in [-0.39, 0.29) is 5.56 Å². The molecule has 22 heavy (non-hydrogen) atoms. The van der Waals surface area contributed by atoms with E-state index in [1.165, 1.54) is 5.56 Å². The molecule has 2 aromatic rings. The van der Waals surface area contributed by atoms with Crippen LogP contribution in [0.1, 0.15) is 38.3 Å². The Hall–Kier alpha value is -1.94. The van der Waals surface area contributed by atoms with Crippen LogP contribution in [0.2, 0.25) is 0 Å². The minimum absolute atomic E-state index is 0.0000291. The number of hydrogen-bond acceptors (Lipinski definition) is 3. The minimum Gasteiger partial charge on any atom is -0.312 e. The van der Waals surface area contributed by atoms with Crippen molar-refractivity contribution >= 4 is 0 Å². The van der Waals surface area contributed by atoms with Crippen LogP contribution in [0, 0.1) is 0 Å². The van der Waals surface area contributed by atoms with Crippen LogP contribution >= 0.6 is 0 Å². The van der Waals surface area contributed by atoms with Gasteiger partial charge in [0.1, 0.15) is 0 Å². The number of aryl methyl sites for hydroxylation is 2. The first-order chi connectivity index (χ1) is 10.7. The third-order valence-corrected chi connectivity index (χ3v) is 3.75. The van der Waals surface area contributed by atoms with Gasteiger partial charge in [-0.25, -0.2) is 4.68 Å². The van der Waals surface area contributed by atoms with Crippen molar-refractivity contribution in [3.05, 3.63) is 51.8 Å². The minimum atomic E-state index is 0.0000291. The summed E-state index contributed by atoms with van der Waals surface area (Å²) in [7, 11) is 0. The number of aromatic nitrogens is 2. The molecule has 1 heterocycles. The molecule has 2 rings (SSSR count). The predicted molar refractivity (Wildman–Crippen MR) is 91.0 cm³/mol. The lowest BCUT2D eigenvalue weighted by atomic mass is 10.1. The summed E-state index contributed by atoms with van der Waals surface area (Å²) < 4.78 is 1.55. The van der Waals surface area contributed by atoms with Gasteiger partial charge in [0.15, 0.2) is 0 Å². The highest BCUT2D eigenvalue weighted by molar-refractivity contribution is 5.59. The summed E-state index contributed by atoms with van der Waals surface area (Å²) in [4.78, 5) is 12.3. The van der Waals surface area contributed by atoms with Crippen LogP contribution in [0.25, 0.3) is 11.3 Å². The second-order valence-electron chi connectivity index (χ2n) is 5.40. The molecule has 4 nitrogen and oxygen atoms in total. The normalized spacial score (nSPS) is 10.9. The molecule has 0 aliphatic rings. The van der Waals surface area contributed by atoms with Crippen LogP contribution in [0.15, 0.2) is 35.1 Å². The first-order valence-corrected chi connectivity index (χ1v) is 8.10. The lowest BCUT2D eigenvalue weighted by Gasteiger charge is -2.10. The standard InChI is InChI=1S/C18H25N3O/c1-4-11-19-13-16-12-17(20-21(6-3)18(16)22)15-9-7-14(5-2)8-10-15/h7-10,12,19H,4-6,11,13H2,1-3H3. The summed E-state index contributed by atoms with van der Waals surface area (Å²) in [5.74, 6) is 0. The number of hydrogen-bond donors (Lipinski definition) is 1. The average molecular weight is 299 g/mol. The Bertz CT molecular complexity index is 659. The van der Waals surface area contributed by atoms with Crippen molar-refractivity contribution in [2.24, 2.45) is 0 Å². The number of benzene rings is 1. The van der Waals surface area contributed by atoms with Crippen molar-refractivity contribution in [1.29, 1.82) is 0 Å². The molecule has 0 aliphatic heterocycles. The van der Waals surface area contributed by atoms with Gasteiger partial charge in [0, 0.05) is 24.2 Å². The summed E-state index contributed by atoms with van der Waals surface area (Å²) in [6.07, 6.45) is 2.08. The maximum Gasteiger partial charge on any atom is 0.271 e. The van der Waals surface area contributed by atoms with E-state index < -0.39 is 0 Å². The quantitative estimate of drug-likeness (QED) is 0.800. The van der Waals surface area contributed by atoms with E-state index in [1.807, 2.05) is 13.0 Å². The smallest absolute Gasteiger partial charge is 0.271 e. The van der Waals surface area contributed by atoms with Crippen LogP contribution in [-0.2, 0) is 19.5 Å². The molecule has 0 bridgehead atoms. The first-order valence-electron chi connectivity index (χ1n) is 8.10. The van der Waals surface area contributed by atoms with E-state index in [2.05, 4.69) is 48.5 Å². The fourth-order valence-corrected chi connectivity index (χ4v) is 2.39. The summed E-state index contributed by atoms with van der Waals surface area (Å²) in [6.45, 7) is 8.29. The van der Waals surface area contributed by atoms with E-state index >= 15 is 0 Å². The molecule has 1 aromatic carbocycles. The number of nitrogens with zero attached hydrogens (tertiary/aromatic N) is 2. The van der Waals surface area contributed by atoms with Crippen LogP contribution in [0.3, 0.4) is 0 Å². The number of nitrogens with one attached hydrogen (secondary N) is 1. The zero-order chi connectivity index (χ0) is 15.9. The largest absolute Gasteiger partial charge is 0.312 e. The van der Waals surface area contributed by atoms with E-state index in [1.54, 1.807) is 4.68 Å². The first kappa shape index (κ1) is 16.4. The Kier molecular flexibility index (Phi) is 5.90. The molecule has 1 aromatic heterocycles. The van der Waals surface area contributed by atoms with E-state index in [0.717, 1.165) is 36.2 Å². The van der Waals surface area contributed by atoms with E-state index in [9.17, 15) is 4.79 Å². The monoisotopic (exact) mass is 299 g/mol. The predicted octanol–water partition coefficient (Wildman–Crippen LogP) is 2.99. The van der Waals surface area contributed by atoms with Crippen molar-refractivity contribution in [1.82, 2.24) is 15.1 Å². The molecule has 0 radical (unpaired) electrons. The molecule has 4 heteroatoms. The molecule has 0 saturated heterocycles. The number of rotatable bonds is 7. The van der Waals surface area contributed by atoms with Gasteiger partial charge in [0.05, 0.1) is 5.69 Å². The summed E-state index contributed by atoms with van der Waals surface area (Å²) >= 11 is 0. The third kappa shape index (κ3) is 3.83. The molecule has 0 aliphatic carbocycles. The molecule has 0 amide bonds. The maximum atomic E-state index is 12.3. The second-order valence-corrected chi connectivity index (χ2v) is 5.40. The van der Waals surface area contributed by atoms with E-state index in [0.29, 0.717) is 13.1 Å². The molecule has 0 atom stereocenters. The van der Waals surface area contributed by atoms with Gasteiger partial charge in [-0.3, -0.25) is 4.79 Å². The van der Waals surface area contributed by atoms with Crippen LogP contribution in [-0.4, -0.2) is 16.3 Å². The second kappa shape index (κ2) is 7.90. The topological polar surface area (TPSA) is 46.9 Å². The van der Waals surface area contributed by atoms with Gasteiger partial charge < -0.3 is 5.32 Å². The highest BCUT2D eigenvalue weighted by Gasteiger charge is 2.09. The van der Waals surface area contributed by atoms with Gasteiger partial charge in [-0.05, 0) is 37.9 Å². The molecular formula is C18H25N3O. The van der Waals surface area contributed by atoms with Gasteiger partial charge in [-0.15, -0.1) is 0 Å². The fraction of sp³-hybridized carbons (Fsp3) is 0.444. The molecule has 118 valence electrons. The van der Waals surface area contributed by atoms with Crippen molar-refractivity contribution in [3.8, 4) is 11.3 Å². The van der Waals surface area contributed by atoms with Crippen LogP contribution in [0.4, 0.5) is 0 Å². The zero-order valence-corrected chi connectivity index (χ0v) is 13.7. The third-order valence-electron chi connectivity index (χ3n) is 3.75. The van der Waals surface area contributed by atoms with Gasteiger partial charge in [0.2, 0.25) is 0 Å². The average Bonchev–Trinajstić information content (AvgIpc) is 2.56. The van der Waals surface area contributed by atoms with Gasteiger partial charge in [-0.2, -0.15) is 5.10 Å². The van der Waals surface area contributed by atoms with Gasteiger partial charge >= 0.3 is 0 Å². The van der Waals surface area contributed by atoms with E-state index in [4.69, 9.17) is 0 Å². The lowest BCUT2D eigenvalue weighted by molar-refractivity contribution is 0.596. The fourth-order valence-electron chi connectivity index (χ4n) is 2.39. The highest BCUT2D eigenvalue weighted by atomic mass is 16.1. The Morgan fingerprint density at radius 3 is 2.45 bits per heavy atom. The van der Waals surface area contributed by atoms with Crippen molar-refractivity contribution < 1.29 is 0 Å². The Morgan fingerprint density at radius 1 is 1.14 bits per heavy atom. The van der Waals surface area contributed by atoms with Crippen molar-refractivity contribution in [2.45, 2.75) is 46.7 Å². The van der Waals surface area contributed by atoms with Crippen LogP contribution in [0.5, 0.6) is 0 Å². The molecular weight excluding hydrogens is 274 g/mol. The summed E-state index contributed by atoms with van der Waals surface area (Å²) in [5.41, 5.74) is 3.99. The Labute approximate surface area is 132 Å². The molecule has 1 N–H and O–H groups in total. The van der Waals surface area contributed by atoms with Gasteiger partial charge in [0.25, 0.3) is 5.56 Å². The van der Waals surface area contributed by atoms with Crippen molar-refractivity contribution in [2.75, 3.05) is 6.54 Å². The summed E-state index contributed by atoms with van der Waals surface area (Å²) in [5, 5.41) is 7.78. The zero-order valence-electron chi connectivity index (χ0n) is 13.7. The molecule has 0 saturated carbocycles. The SMILES string of the molecule is CCCNCc1cc(-c2ccc(CC)cc2)nn(CC)c1=O. The molecule has 0 spiro atoms. The highest BCUT2D eigenvalue weighted by Crippen LogP contribution is 2.17.